The van der Waals surface area contributed by atoms with Crippen molar-refractivity contribution in [2.45, 2.75) is 50.8 Å². The Bertz CT molecular complexity index is 353. The number of hydrogen-bond donors (Lipinski definition) is 1. The molecule has 2 fully saturated rings. The molecule has 1 amide bonds. The highest BCUT2D eigenvalue weighted by Gasteiger charge is 2.44. The van der Waals surface area contributed by atoms with Crippen LogP contribution in [0.15, 0.2) is 0 Å². The number of amides is 1. The molecule has 0 radical (unpaired) electrons. The zero-order valence-electron chi connectivity index (χ0n) is 11.7. The fourth-order valence-corrected chi connectivity index (χ4v) is 3.35. The molecule has 2 aliphatic rings. The summed E-state index contributed by atoms with van der Waals surface area (Å²) in [5, 5.41) is 9.21. The van der Waals surface area contributed by atoms with Gasteiger partial charge < -0.3 is 10.0 Å². The van der Waals surface area contributed by atoms with Crippen molar-refractivity contribution in [1.29, 1.82) is 0 Å². The van der Waals surface area contributed by atoms with E-state index in [4.69, 9.17) is 0 Å². The number of nitrogens with zero attached hydrogens (tertiary/aromatic N) is 1. The van der Waals surface area contributed by atoms with Crippen LogP contribution in [0.1, 0.15) is 38.5 Å². The first-order chi connectivity index (χ1) is 9.27. The average Bonchev–Trinajstić information content (AvgIpc) is 2.35. The molecule has 0 aliphatic heterocycles. The van der Waals surface area contributed by atoms with E-state index in [1.165, 1.54) is 0 Å². The standard InChI is InChI=1S/C14H22F3NO2/c1-18(8-9-5-12(19)6-9)13(20)10-3-2-4-11(7-10)14(15,16)17/h9-12,19H,2-8H2,1H3. The Kier molecular flexibility index (Phi) is 4.62. The summed E-state index contributed by atoms with van der Waals surface area (Å²) in [6.45, 7) is 0.545. The van der Waals surface area contributed by atoms with Gasteiger partial charge in [0.15, 0.2) is 0 Å². The van der Waals surface area contributed by atoms with Gasteiger partial charge in [0, 0.05) is 19.5 Å². The summed E-state index contributed by atoms with van der Waals surface area (Å²) in [6, 6.07) is 0. The molecule has 0 aromatic rings. The minimum absolute atomic E-state index is 0.0695. The molecule has 20 heavy (non-hydrogen) atoms. The van der Waals surface area contributed by atoms with E-state index >= 15 is 0 Å². The largest absolute Gasteiger partial charge is 0.393 e. The van der Waals surface area contributed by atoms with Crippen LogP contribution in [0, 0.1) is 17.8 Å². The third kappa shape index (κ3) is 3.65. The van der Waals surface area contributed by atoms with Crippen LogP contribution < -0.4 is 0 Å². The van der Waals surface area contributed by atoms with Crippen molar-refractivity contribution in [2.24, 2.45) is 17.8 Å². The van der Waals surface area contributed by atoms with Gasteiger partial charge >= 0.3 is 6.18 Å². The van der Waals surface area contributed by atoms with Gasteiger partial charge in [0.05, 0.1) is 12.0 Å². The first kappa shape index (κ1) is 15.6. The second-order valence-corrected chi connectivity index (χ2v) is 6.31. The van der Waals surface area contributed by atoms with E-state index in [0.29, 0.717) is 38.1 Å². The highest BCUT2D eigenvalue weighted by atomic mass is 19.4. The lowest BCUT2D eigenvalue weighted by atomic mass is 9.79. The first-order valence-electron chi connectivity index (χ1n) is 7.27. The fraction of sp³-hybridized carbons (Fsp3) is 0.929. The molecule has 116 valence electrons. The van der Waals surface area contributed by atoms with Crippen LogP contribution in [0.25, 0.3) is 0 Å². The number of carbonyl (C=O) groups is 1. The maximum Gasteiger partial charge on any atom is 0.391 e. The van der Waals surface area contributed by atoms with Crippen LogP contribution in [-0.2, 0) is 4.79 Å². The van der Waals surface area contributed by atoms with Crippen molar-refractivity contribution in [3.05, 3.63) is 0 Å². The Hall–Kier alpha value is -0.780. The number of halogens is 3. The van der Waals surface area contributed by atoms with Crippen LogP contribution in [0.2, 0.25) is 0 Å². The van der Waals surface area contributed by atoms with E-state index in [9.17, 15) is 23.1 Å². The van der Waals surface area contributed by atoms with Crippen molar-refractivity contribution >= 4 is 5.91 Å². The Morgan fingerprint density at radius 1 is 1.25 bits per heavy atom. The first-order valence-corrected chi connectivity index (χ1v) is 7.27. The molecule has 0 aromatic heterocycles. The maximum atomic E-state index is 12.7. The minimum Gasteiger partial charge on any atom is -0.393 e. The molecule has 2 atom stereocenters. The summed E-state index contributed by atoms with van der Waals surface area (Å²) in [7, 11) is 1.66. The van der Waals surface area contributed by atoms with Crippen molar-refractivity contribution in [3.63, 3.8) is 0 Å². The molecule has 2 saturated carbocycles. The molecule has 2 unspecified atom stereocenters. The van der Waals surface area contributed by atoms with Crippen molar-refractivity contribution in [2.75, 3.05) is 13.6 Å². The second-order valence-electron chi connectivity index (χ2n) is 6.31. The number of rotatable bonds is 3. The molecule has 3 nitrogen and oxygen atoms in total. The van der Waals surface area contributed by atoms with Gasteiger partial charge in [-0.25, -0.2) is 0 Å². The highest BCUT2D eigenvalue weighted by molar-refractivity contribution is 5.78. The molecule has 2 rings (SSSR count). The van der Waals surface area contributed by atoms with Gasteiger partial charge in [-0.3, -0.25) is 4.79 Å². The molecule has 0 aromatic carbocycles. The van der Waals surface area contributed by atoms with E-state index in [0.717, 1.165) is 0 Å². The lowest BCUT2D eigenvalue weighted by molar-refractivity contribution is -0.187. The number of aliphatic hydroxyl groups excluding tert-OH is 1. The quantitative estimate of drug-likeness (QED) is 0.869. The summed E-state index contributed by atoms with van der Waals surface area (Å²) < 4.78 is 38.2. The summed E-state index contributed by atoms with van der Waals surface area (Å²) in [5.41, 5.74) is 0. The van der Waals surface area contributed by atoms with Gasteiger partial charge in [-0.2, -0.15) is 13.2 Å². The SMILES string of the molecule is CN(CC1CC(O)C1)C(=O)C1CCCC(C(F)(F)F)C1. The summed E-state index contributed by atoms with van der Waals surface area (Å²) in [5.74, 6) is -1.70. The molecule has 6 heteroatoms. The molecular formula is C14H22F3NO2. The molecule has 2 aliphatic carbocycles. The Labute approximate surface area is 117 Å². The van der Waals surface area contributed by atoms with E-state index in [-0.39, 0.29) is 24.9 Å². The number of carbonyl (C=O) groups excluding carboxylic acids is 1. The molecule has 0 heterocycles. The Morgan fingerprint density at radius 3 is 2.45 bits per heavy atom. The average molecular weight is 293 g/mol. The van der Waals surface area contributed by atoms with Crippen molar-refractivity contribution in [1.82, 2.24) is 4.90 Å². The van der Waals surface area contributed by atoms with Crippen molar-refractivity contribution < 1.29 is 23.1 Å². The van der Waals surface area contributed by atoms with Gasteiger partial charge in [0.1, 0.15) is 0 Å². The Balaban J connectivity index is 1.84. The lowest BCUT2D eigenvalue weighted by Crippen LogP contribution is -2.43. The number of aliphatic hydroxyl groups is 1. The fourth-order valence-electron chi connectivity index (χ4n) is 3.35. The van der Waals surface area contributed by atoms with E-state index < -0.39 is 18.0 Å². The molecule has 0 saturated heterocycles. The van der Waals surface area contributed by atoms with Crippen molar-refractivity contribution in [3.8, 4) is 0 Å². The number of alkyl halides is 3. The minimum atomic E-state index is -4.18. The summed E-state index contributed by atoms with van der Waals surface area (Å²) in [4.78, 5) is 13.8. The van der Waals surface area contributed by atoms with E-state index in [2.05, 4.69) is 0 Å². The summed E-state index contributed by atoms with van der Waals surface area (Å²) in [6.07, 6.45) is -1.98. The maximum absolute atomic E-state index is 12.7. The van der Waals surface area contributed by atoms with Crippen LogP contribution in [0.3, 0.4) is 0 Å². The number of hydrogen-bond acceptors (Lipinski definition) is 2. The van der Waals surface area contributed by atoms with E-state index in [1.54, 1.807) is 11.9 Å². The van der Waals surface area contributed by atoms with Gasteiger partial charge in [-0.1, -0.05) is 6.42 Å². The molecule has 0 spiro atoms. The summed E-state index contributed by atoms with van der Waals surface area (Å²) >= 11 is 0. The third-order valence-electron chi connectivity index (χ3n) is 4.61. The topological polar surface area (TPSA) is 40.5 Å². The van der Waals surface area contributed by atoms with Crippen LogP contribution in [-0.4, -0.2) is 41.8 Å². The molecule has 0 bridgehead atoms. The van der Waals surface area contributed by atoms with Gasteiger partial charge in [-0.05, 0) is 38.0 Å². The predicted octanol–water partition coefficient (Wildman–Crippen LogP) is 2.58. The molecule has 1 N–H and O–H groups in total. The van der Waals surface area contributed by atoms with Crippen LogP contribution >= 0.6 is 0 Å². The van der Waals surface area contributed by atoms with Gasteiger partial charge in [0.25, 0.3) is 0 Å². The normalized spacial score (nSPS) is 34.5. The zero-order chi connectivity index (χ0) is 14.9. The molecular weight excluding hydrogens is 271 g/mol. The monoisotopic (exact) mass is 293 g/mol. The predicted molar refractivity (Wildman–Crippen MR) is 67.9 cm³/mol. The Morgan fingerprint density at radius 2 is 1.90 bits per heavy atom. The van der Waals surface area contributed by atoms with E-state index in [1.807, 2.05) is 0 Å². The van der Waals surface area contributed by atoms with Crippen LogP contribution in [0.5, 0.6) is 0 Å². The van der Waals surface area contributed by atoms with Gasteiger partial charge in [-0.15, -0.1) is 0 Å². The second kappa shape index (κ2) is 5.92. The highest BCUT2D eigenvalue weighted by Crippen LogP contribution is 2.40. The third-order valence-corrected chi connectivity index (χ3v) is 4.61. The zero-order valence-corrected chi connectivity index (χ0v) is 11.7. The van der Waals surface area contributed by atoms with Crippen LogP contribution in [0.4, 0.5) is 13.2 Å². The smallest absolute Gasteiger partial charge is 0.391 e. The van der Waals surface area contributed by atoms with Gasteiger partial charge in [0.2, 0.25) is 5.91 Å². The lowest BCUT2D eigenvalue weighted by Gasteiger charge is -2.37.